The fraction of sp³-hybridized carbons (Fsp3) is 0.348. The molecule has 1 unspecified atom stereocenters. The quantitative estimate of drug-likeness (QED) is 0.615. The van der Waals surface area contributed by atoms with E-state index in [0.717, 1.165) is 54.6 Å². The zero-order chi connectivity index (χ0) is 21.0. The first-order valence-electron chi connectivity index (χ1n) is 10.6. The summed E-state index contributed by atoms with van der Waals surface area (Å²) in [5, 5.41) is 4.43. The topological polar surface area (TPSA) is 72.4 Å². The number of rotatable bonds is 6. The maximum atomic E-state index is 6.13. The Bertz CT molecular complexity index is 1070. The molecule has 5 rings (SSSR count). The van der Waals surface area contributed by atoms with Crippen LogP contribution in [0.2, 0.25) is 0 Å². The van der Waals surface area contributed by atoms with Crippen LogP contribution in [-0.2, 0) is 4.74 Å². The predicted molar refractivity (Wildman–Crippen MR) is 124 cm³/mol. The summed E-state index contributed by atoms with van der Waals surface area (Å²) in [6.45, 7) is 1.77. The van der Waals surface area contributed by atoms with Gasteiger partial charge in [-0.05, 0) is 43.5 Å². The van der Waals surface area contributed by atoms with Crippen molar-refractivity contribution in [2.24, 2.45) is 0 Å². The lowest BCUT2D eigenvalue weighted by Gasteiger charge is -2.32. The van der Waals surface area contributed by atoms with E-state index in [0.29, 0.717) is 12.0 Å². The highest BCUT2D eigenvalue weighted by Crippen LogP contribution is 2.30. The Kier molecular flexibility index (Phi) is 5.82. The van der Waals surface area contributed by atoms with E-state index in [-0.39, 0.29) is 6.04 Å². The highest BCUT2D eigenvalue weighted by atomic mass is 32.1. The van der Waals surface area contributed by atoms with Crippen molar-refractivity contribution in [3.63, 3.8) is 0 Å². The third-order valence-electron chi connectivity index (χ3n) is 5.60. The predicted octanol–water partition coefficient (Wildman–Crippen LogP) is 4.40. The second-order valence-electron chi connectivity index (χ2n) is 7.65. The average molecular weight is 436 g/mol. The molecule has 31 heavy (non-hydrogen) atoms. The molecule has 7 nitrogen and oxygen atoms in total. The number of ether oxygens (including phenoxy) is 2. The van der Waals surface area contributed by atoms with Gasteiger partial charge in [0.15, 0.2) is 10.9 Å². The fourth-order valence-corrected chi connectivity index (χ4v) is 4.83. The van der Waals surface area contributed by atoms with Gasteiger partial charge in [0.25, 0.3) is 5.88 Å². The van der Waals surface area contributed by atoms with E-state index in [2.05, 4.69) is 43.4 Å². The van der Waals surface area contributed by atoms with Crippen LogP contribution in [0.4, 0.5) is 10.9 Å². The third kappa shape index (κ3) is 4.55. The van der Waals surface area contributed by atoms with E-state index >= 15 is 0 Å². The minimum Gasteiger partial charge on any atom is -0.436 e. The van der Waals surface area contributed by atoms with Crippen LogP contribution in [0.25, 0.3) is 10.2 Å². The molecule has 1 N–H and O–H groups in total. The van der Waals surface area contributed by atoms with E-state index in [4.69, 9.17) is 9.47 Å². The Balaban J connectivity index is 1.22. The van der Waals surface area contributed by atoms with Gasteiger partial charge < -0.3 is 19.7 Å². The van der Waals surface area contributed by atoms with Crippen LogP contribution in [0.1, 0.15) is 19.3 Å². The molecule has 0 saturated carbocycles. The van der Waals surface area contributed by atoms with Crippen LogP contribution in [0.15, 0.2) is 60.6 Å². The Morgan fingerprint density at radius 3 is 2.74 bits per heavy atom. The van der Waals surface area contributed by atoms with Crippen molar-refractivity contribution in [3.8, 4) is 5.88 Å². The molecule has 1 fully saturated rings. The molecule has 0 bridgehead atoms. The molecule has 0 spiro atoms. The van der Waals surface area contributed by atoms with Crippen LogP contribution >= 0.6 is 11.3 Å². The first-order valence-corrected chi connectivity index (χ1v) is 11.4. The Morgan fingerprint density at radius 1 is 1.13 bits per heavy atom. The Hall–Kier alpha value is -2.97. The molecule has 3 aromatic rings. The zero-order valence-electron chi connectivity index (χ0n) is 17.4. The summed E-state index contributed by atoms with van der Waals surface area (Å²) in [6.07, 6.45) is 12.7. The number of anilines is 2. The molecule has 0 radical (unpaired) electrons. The van der Waals surface area contributed by atoms with Gasteiger partial charge in [-0.1, -0.05) is 29.5 Å². The van der Waals surface area contributed by atoms with E-state index < -0.39 is 0 Å². The normalized spacial score (nSPS) is 19.5. The summed E-state index contributed by atoms with van der Waals surface area (Å²) >= 11 is 1.67. The summed E-state index contributed by atoms with van der Waals surface area (Å²) in [6, 6.07) is 8.37. The van der Waals surface area contributed by atoms with Gasteiger partial charge in [0.2, 0.25) is 0 Å². The molecule has 2 aliphatic rings. The van der Waals surface area contributed by atoms with Crippen LogP contribution in [0.5, 0.6) is 5.88 Å². The van der Waals surface area contributed by atoms with Gasteiger partial charge in [0, 0.05) is 32.6 Å². The van der Waals surface area contributed by atoms with Crippen LogP contribution in [0.3, 0.4) is 0 Å². The number of para-hydroxylation sites is 1. The molecule has 2 aromatic heterocycles. The largest absolute Gasteiger partial charge is 0.436 e. The number of fused-ring (bicyclic) bond motifs is 1. The van der Waals surface area contributed by atoms with Gasteiger partial charge >= 0.3 is 0 Å². The SMILES string of the molecule is COC1CCN(c2nccnc2OC2=CCC(Nc3nc4ccccc4s3)C=C2)CC1. The molecular weight excluding hydrogens is 410 g/mol. The second-order valence-corrected chi connectivity index (χ2v) is 8.68. The first kappa shape index (κ1) is 20.0. The van der Waals surface area contributed by atoms with Crippen molar-refractivity contribution >= 4 is 32.5 Å². The maximum absolute atomic E-state index is 6.13. The minimum atomic E-state index is 0.183. The lowest BCUT2D eigenvalue weighted by Crippen LogP contribution is -2.37. The van der Waals surface area contributed by atoms with Crippen molar-refractivity contribution in [3.05, 3.63) is 60.6 Å². The summed E-state index contributed by atoms with van der Waals surface area (Å²) in [7, 11) is 1.78. The first-order chi connectivity index (χ1) is 15.3. The number of nitrogens with one attached hydrogen (secondary N) is 1. The molecule has 1 aromatic carbocycles. The standard InChI is InChI=1S/C23H25N5O2S/c1-29-17-10-14-28(15-11-17)21-22(25-13-12-24-21)30-18-8-6-16(7-9-18)26-23-27-19-4-2-3-5-20(19)31-23/h2-6,8-9,12-13,16-17H,7,10-11,14-15H2,1H3,(H,26,27). The van der Waals surface area contributed by atoms with Crippen LogP contribution in [0, 0.1) is 0 Å². The van der Waals surface area contributed by atoms with E-state index in [9.17, 15) is 0 Å². The van der Waals surface area contributed by atoms with Crippen LogP contribution < -0.4 is 15.0 Å². The highest BCUT2D eigenvalue weighted by Gasteiger charge is 2.23. The van der Waals surface area contributed by atoms with E-state index in [1.54, 1.807) is 30.8 Å². The number of piperidine rings is 1. The highest BCUT2D eigenvalue weighted by molar-refractivity contribution is 7.22. The maximum Gasteiger partial charge on any atom is 0.263 e. The van der Waals surface area contributed by atoms with Gasteiger partial charge in [-0.3, -0.25) is 0 Å². The van der Waals surface area contributed by atoms with Gasteiger partial charge in [0.05, 0.1) is 22.4 Å². The molecule has 3 heterocycles. The molecule has 160 valence electrons. The summed E-state index contributed by atoms with van der Waals surface area (Å²) in [4.78, 5) is 15.9. The van der Waals surface area contributed by atoms with Gasteiger partial charge in [-0.25, -0.2) is 15.0 Å². The summed E-state index contributed by atoms with van der Waals surface area (Å²) in [5.74, 6) is 2.13. The molecule has 1 aliphatic carbocycles. The monoisotopic (exact) mass is 435 g/mol. The molecule has 1 aliphatic heterocycles. The smallest absolute Gasteiger partial charge is 0.263 e. The average Bonchev–Trinajstić information content (AvgIpc) is 3.23. The van der Waals surface area contributed by atoms with Gasteiger partial charge in [0.1, 0.15) is 5.76 Å². The number of hydrogen-bond donors (Lipinski definition) is 1. The van der Waals surface area contributed by atoms with Crippen molar-refractivity contribution in [1.29, 1.82) is 0 Å². The van der Waals surface area contributed by atoms with Crippen LogP contribution in [-0.4, -0.2) is 47.3 Å². The minimum absolute atomic E-state index is 0.183. The number of methoxy groups -OCH3 is 1. The Morgan fingerprint density at radius 2 is 1.97 bits per heavy atom. The van der Waals surface area contributed by atoms with Crippen molar-refractivity contribution < 1.29 is 9.47 Å². The van der Waals surface area contributed by atoms with E-state index in [1.807, 2.05) is 24.3 Å². The van der Waals surface area contributed by atoms with Gasteiger partial charge in [-0.15, -0.1) is 0 Å². The van der Waals surface area contributed by atoms with E-state index in [1.165, 1.54) is 4.70 Å². The zero-order valence-corrected chi connectivity index (χ0v) is 18.2. The molecular formula is C23H25N5O2S. The van der Waals surface area contributed by atoms with Crippen molar-refractivity contribution in [1.82, 2.24) is 15.0 Å². The number of benzene rings is 1. The third-order valence-corrected chi connectivity index (χ3v) is 6.57. The Labute approximate surface area is 185 Å². The van der Waals surface area contributed by atoms with Crippen molar-refractivity contribution in [2.75, 3.05) is 30.4 Å². The molecule has 1 atom stereocenters. The molecule has 0 amide bonds. The molecule has 8 heteroatoms. The molecule has 1 saturated heterocycles. The second kappa shape index (κ2) is 9.03. The number of allylic oxidation sites excluding steroid dienone is 1. The summed E-state index contributed by atoms with van der Waals surface area (Å²) < 4.78 is 12.8. The number of thiazole rings is 1. The lowest BCUT2D eigenvalue weighted by atomic mass is 10.1. The van der Waals surface area contributed by atoms with Gasteiger partial charge in [-0.2, -0.15) is 0 Å². The number of aromatic nitrogens is 3. The van der Waals surface area contributed by atoms with Crippen molar-refractivity contribution in [2.45, 2.75) is 31.4 Å². The number of nitrogens with zero attached hydrogens (tertiary/aromatic N) is 4. The fourth-order valence-electron chi connectivity index (χ4n) is 3.90. The summed E-state index contributed by atoms with van der Waals surface area (Å²) in [5.41, 5.74) is 1.03. The number of hydrogen-bond acceptors (Lipinski definition) is 8. The lowest BCUT2D eigenvalue weighted by molar-refractivity contribution is 0.0817.